The van der Waals surface area contributed by atoms with Crippen molar-refractivity contribution in [3.05, 3.63) is 29.8 Å². The molecule has 0 heterocycles. The van der Waals surface area contributed by atoms with E-state index in [1.165, 1.54) is 0 Å². The Bertz CT molecular complexity index is 585. The van der Waals surface area contributed by atoms with E-state index >= 15 is 0 Å². The Morgan fingerprint density at radius 1 is 1.26 bits per heavy atom. The van der Waals surface area contributed by atoms with Crippen LogP contribution >= 0.6 is 0 Å². The molecule has 7 heteroatoms. The van der Waals surface area contributed by atoms with Gasteiger partial charge < -0.3 is 10.1 Å². The standard InChI is InChI=1S/C16H26N2O4S/c1-4-11-17-23(20,21)15-8-5-14(6-9-15)7-10-16(19)18-13(2)12-22-3/h5-6,8-9,13,17H,4,7,10-12H2,1-3H3,(H,18,19)/t13-/m1/s1. The Morgan fingerprint density at radius 3 is 2.48 bits per heavy atom. The predicted molar refractivity (Wildman–Crippen MR) is 89.7 cm³/mol. The van der Waals surface area contributed by atoms with Gasteiger partial charge in [0, 0.05) is 26.1 Å². The van der Waals surface area contributed by atoms with Crippen LogP contribution in [0.25, 0.3) is 0 Å². The van der Waals surface area contributed by atoms with Crippen LogP contribution in [0.2, 0.25) is 0 Å². The van der Waals surface area contributed by atoms with Gasteiger partial charge in [0.15, 0.2) is 0 Å². The molecule has 1 aromatic carbocycles. The summed E-state index contributed by atoms with van der Waals surface area (Å²) in [5, 5.41) is 2.84. The van der Waals surface area contributed by atoms with Crippen molar-refractivity contribution in [2.45, 2.75) is 44.0 Å². The Labute approximate surface area is 138 Å². The number of aryl methyl sites for hydroxylation is 1. The van der Waals surface area contributed by atoms with Gasteiger partial charge >= 0.3 is 0 Å². The van der Waals surface area contributed by atoms with Gasteiger partial charge in [-0.2, -0.15) is 0 Å². The lowest BCUT2D eigenvalue weighted by atomic mass is 10.1. The average molecular weight is 342 g/mol. The molecule has 0 aliphatic carbocycles. The molecule has 0 aromatic heterocycles. The summed E-state index contributed by atoms with van der Waals surface area (Å²) < 4.78 is 31.4. The molecule has 6 nitrogen and oxygen atoms in total. The second kappa shape index (κ2) is 9.64. The van der Waals surface area contributed by atoms with Crippen LogP contribution in [0.5, 0.6) is 0 Å². The SMILES string of the molecule is CCCNS(=O)(=O)c1ccc(CCC(=O)N[C@H](C)COC)cc1. The van der Waals surface area contributed by atoms with Gasteiger partial charge in [-0.15, -0.1) is 0 Å². The van der Waals surface area contributed by atoms with Crippen molar-refractivity contribution in [1.29, 1.82) is 0 Å². The number of hydrogen-bond donors (Lipinski definition) is 2. The zero-order valence-corrected chi connectivity index (χ0v) is 14.8. The highest BCUT2D eigenvalue weighted by atomic mass is 32.2. The molecule has 130 valence electrons. The van der Waals surface area contributed by atoms with Gasteiger partial charge in [-0.3, -0.25) is 4.79 Å². The quantitative estimate of drug-likeness (QED) is 0.674. The number of benzene rings is 1. The predicted octanol–water partition coefficient (Wildman–Crippen LogP) is 1.46. The first-order valence-electron chi connectivity index (χ1n) is 7.76. The molecule has 0 spiro atoms. The fourth-order valence-electron chi connectivity index (χ4n) is 2.05. The molecule has 0 radical (unpaired) electrons. The third-order valence-electron chi connectivity index (χ3n) is 3.24. The summed E-state index contributed by atoms with van der Waals surface area (Å²) in [6.45, 7) is 4.68. The van der Waals surface area contributed by atoms with Gasteiger partial charge in [0.05, 0.1) is 11.5 Å². The molecule has 2 N–H and O–H groups in total. The van der Waals surface area contributed by atoms with Crippen molar-refractivity contribution in [2.24, 2.45) is 0 Å². The Morgan fingerprint density at radius 2 is 1.91 bits per heavy atom. The zero-order valence-electron chi connectivity index (χ0n) is 14.0. The van der Waals surface area contributed by atoms with E-state index < -0.39 is 10.0 Å². The highest BCUT2D eigenvalue weighted by Crippen LogP contribution is 2.12. The molecule has 1 aromatic rings. The van der Waals surface area contributed by atoms with E-state index in [4.69, 9.17) is 4.74 Å². The molecule has 1 atom stereocenters. The van der Waals surface area contributed by atoms with Crippen molar-refractivity contribution in [1.82, 2.24) is 10.0 Å². The lowest BCUT2D eigenvalue weighted by Crippen LogP contribution is -2.35. The van der Waals surface area contributed by atoms with E-state index in [9.17, 15) is 13.2 Å². The lowest BCUT2D eigenvalue weighted by Gasteiger charge is -2.12. The van der Waals surface area contributed by atoms with Gasteiger partial charge in [-0.05, 0) is 37.5 Å². The molecule has 0 saturated carbocycles. The second-order valence-corrected chi connectivity index (χ2v) is 7.23. The number of hydrogen-bond acceptors (Lipinski definition) is 4. The first kappa shape index (κ1) is 19.6. The minimum atomic E-state index is -3.44. The van der Waals surface area contributed by atoms with Gasteiger partial charge in [0.1, 0.15) is 0 Å². The fourth-order valence-corrected chi connectivity index (χ4v) is 3.19. The zero-order chi connectivity index (χ0) is 17.3. The van der Waals surface area contributed by atoms with Crippen LogP contribution in [0.15, 0.2) is 29.2 Å². The van der Waals surface area contributed by atoms with Crippen LogP contribution < -0.4 is 10.0 Å². The number of amides is 1. The Hall–Kier alpha value is -1.44. The van der Waals surface area contributed by atoms with Gasteiger partial charge in [-0.1, -0.05) is 19.1 Å². The monoisotopic (exact) mass is 342 g/mol. The second-order valence-electron chi connectivity index (χ2n) is 5.47. The molecule has 0 bridgehead atoms. The highest BCUT2D eigenvalue weighted by molar-refractivity contribution is 7.89. The lowest BCUT2D eigenvalue weighted by molar-refractivity contribution is -0.122. The average Bonchev–Trinajstić information content (AvgIpc) is 2.51. The van der Waals surface area contributed by atoms with Crippen molar-refractivity contribution in [3.63, 3.8) is 0 Å². The number of carbonyl (C=O) groups is 1. The minimum absolute atomic E-state index is 0.0235. The molecular weight excluding hydrogens is 316 g/mol. The summed E-state index contributed by atoms with van der Waals surface area (Å²) in [4.78, 5) is 12.0. The third-order valence-corrected chi connectivity index (χ3v) is 4.72. The summed E-state index contributed by atoms with van der Waals surface area (Å²) in [6, 6.07) is 6.60. The van der Waals surface area contributed by atoms with Crippen LogP contribution in [0.1, 0.15) is 32.3 Å². The van der Waals surface area contributed by atoms with Crippen LogP contribution in [-0.2, 0) is 26.0 Å². The summed E-state index contributed by atoms with van der Waals surface area (Å²) in [5.41, 5.74) is 0.925. The molecule has 0 aliphatic rings. The van der Waals surface area contributed by atoms with Crippen molar-refractivity contribution in [2.75, 3.05) is 20.3 Å². The van der Waals surface area contributed by atoms with E-state index in [1.54, 1.807) is 31.4 Å². The fraction of sp³-hybridized carbons (Fsp3) is 0.562. The number of rotatable bonds is 10. The molecule has 0 saturated heterocycles. The number of carbonyl (C=O) groups excluding carboxylic acids is 1. The van der Waals surface area contributed by atoms with Gasteiger partial charge in [0.25, 0.3) is 0 Å². The summed E-state index contributed by atoms with van der Waals surface area (Å²) >= 11 is 0. The highest BCUT2D eigenvalue weighted by Gasteiger charge is 2.13. The molecule has 1 amide bonds. The van der Waals surface area contributed by atoms with Crippen LogP contribution in [0.4, 0.5) is 0 Å². The number of sulfonamides is 1. The maximum Gasteiger partial charge on any atom is 0.240 e. The summed E-state index contributed by atoms with van der Waals surface area (Å²) in [5.74, 6) is -0.0455. The number of ether oxygens (including phenoxy) is 1. The normalized spacial score (nSPS) is 12.8. The first-order chi connectivity index (χ1) is 10.9. The molecule has 0 fully saturated rings. The molecule has 0 aliphatic heterocycles. The maximum absolute atomic E-state index is 12.0. The van der Waals surface area contributed by atoms with E-state index in [-0.39, 0.29) is 16.8 Å². The van der Waals surface area contributed by atoms with Crippen LogP contribution in [0.3, 0.4) is 0 Å². The van der Waals surface area contributed by atoms with E-state index in [0.29, 0.717) is 26.0 Å². The van der Waals surface area contributed by atoms with Crippen molar-refractivity contribution >= 4 is 15.9 Å². The largest absolute Gasteiger partial charge is 0.383 e. The summed E-state index contributed by atoms with van der Waals surface area (Å²) in [7, 11) is -1.84. The Kier molecular flexibility index (Phi) is 8.22. The molecular formula is C16H26N2O4S. The first-order valence-corrected chi connectivity index (χ1v) is 9.24. The van der Waals surface area contributed by atoms with E-state index in [1.807, 2.05) is 13.8 Å². The van der Waals surface area contributed by atoms with Crippen molar-refractivity contribution < 1.29 is 17.9 Å². The van der Waals surface area contributed by atoms with Crippen molar-refractivity contribution in [3.8, 4) is 0 Å². The van der Waals surface area contributed by atoms with Crippen LogP contribution in [0, 0.1) is 0 Å². The van der Waals surface area contributed by atoms with Crippen LogP contribution in [-0.4, -0.2) is 40.6 Å². The molecule has 1 rings (SSSR count). The smallest absolute Gasteiger partial charge is 0.240 e. The number of methoxy groups -OCH3 is 1. The summed E-state index contributed by atoms with van der Waals surface area (Å²) in [6.07, 6.45) is 1.66. The van der Waals surface area contributed by atoms with Gasteiger partial charge in [0.2, 0.25) is 15.9 Å². The van der Waals surface area contributed by atoms with Gasteiger partial charge in [-0.25, -0.2) is 13.1 Å². The third kappa shape index (κ3) is 7.11. The number of nitrogens with one attached hydrogen (secondary N) is 2. The molecule has 23 heavy (non-hydrogen) atoms. The molecule has 0 unspecified atom stereocenters. The van der Waals surface area contributed by atoms with E-state index in [2.05, 4.69) is 10.0 Å². The topological polar surface area (TPSA) is 84.5 Å². The Balaban J connectivity index is 2.53. The van der Waals surface area contributed by atoms with E-state index in [0.717, 1.165) is 12.0 Å². The minimum Gasteiger partial charge on any atom is -0.383 e. The maximum atomic E-state index is 12.0.